The zero-order valence-corrected chi connectivity index (χ0v) is 14.1. The topological polar surface area (TPSA) is 44.3 Å². The second-order valence-corrected chi connectivity index (χ2v) is 6.04. The maximum Gasteiger partial charge on any atom is 0.133 e. The standard InChI is InChI=1S/C16H29N5/c1-6-14-12(3)18-15(19-16(14)17-7-2)10-13-11-20(4)8-9-21(13)5/h13H,6-11H2,1-5H3,(H,17,18,19). The van der Waals surface area contributed by atoms with Crippen molar-refractivity contribution in [1.82, 2.24) is 19.8 Å². The van der Waals surface area contributed by atoms with Crippen molar-refractivity contribution in [3.63, 3.8) is 0 Å². The lowest BCUT2D eigenvalue weighted by atomic mass is 10.1. The minimum absolute atomic E-state index is 0.505. The Labute approximate surface area is 128 Å². The molecule has 1 atom stereocenters. The number of piperazine rings is 1. The molecule has 0 aliphatic carbocycles. The van der Waals surface area contributed by atoms with E-state index in [4.69, 9.17) is 9.97 Å². The van der Waals surface area contributed by atoms with Crippen molar-refractivity contribution in [1.29, 1.82) is 0 Å². The van der Waals surface area contributed by atoms with Crippen LogP contribution in [0.1, 0.15) is 30.9 Å². The first-order valence-electron chi connectivity index (χ1n) is 8.04. The fraction of sp³-hybridized carbons (Fsp3) is 0.750. The summed E-state index contributed by atoms with van der Waals surface area (Å²) in [6, 6.07) is 0.505. The molecule has 5 nitrogen and oxygen atoms in total. The lowest BCUT2D eigenvalue weighted by Crippen LogP contribution is -2.51. The lowest BCUT2D eigenvalue weighted by molar-refractivity contribution is 0.113. The maximum atomic E-state index is 4.78. The molecule has 0 spiro atoms. The molecule has 1 saturated heterocycles. The van der Waals surface area contributed by atoms with E-state index in [1.807, 2.05) is 0 Å². The van der Waals surface area contributed by atoms with E-state index in [-0.39, 0.29) is 0 Å². The van der Waals surface area contributed by atoms with Crippen molar-refractivity contribution in [2.45, 2.75) is 39.7 Å². The molecule has 118 valence electrons. The van der Waals surface area contributed by atoms with Crippen molar-refractivity contribution in [2.75, 3.05) is 45.6 Å². The highest BCUT2D eigenvalue weighted by Crippen LogP contribution is 2.19. The van der Waals surface area contributed by atoms with Crippen LogP contribution in [0.2, 0.25) is 0 Å². The molecule has 1 aliphatic rings. The summed E-state index contributed by atoms with van der Waals surface area (Å²) in [7, 11) is 4.40. The van der Waals surface area contributed by atoms with E-state index in [1.54, 1.807) is 0 Å². The monoisotopic (exact) mass is 291 g/mol. The molecular formula is C16H29N5. The van der Waals surface area contributed by atoms with Gasteiger partial charge in [0.15, 0.2) is 0 Å². The van der Waals surface area contributed by atoms with E-state index >= 15 is 0 Å². The average molecular weight is 291 g/mol. The molecule has 2 heterocycles. The molecule has 0 radical (unpaired) electrons. The van der Waals surface area contributed by atoms with Gasteiger partial charge in [-0.05, 0) is 34.4 Å². The van der Waals surface area contributed by atoms with Crippen LogP contribution in [0.4, 0.5) is 5.82 Å². The normalized spacial score (nSPS) is 20.7. The van der Waals surface area contributed by atoms with E-state index < -0.39 is 0 Å². The predicted octanol–water partition coefficient (Wildman–Crippen LogP) is 1.57. The van der Waals surface area contributed by atoms with Crippen LogP contribution in [0, 0.1) is 6.92 Å². The maximum absolute atomic E-state index is 4.78. The van der Waals surface area contributed by atoms with Gasteiger partial charge in [0, 0.05) is 49.9 Å². The van der Waals surface area contributed by atoms with Gasteiger partial charge in [0.1, 0.15) is 11.6 Å². The van der Waals surface area contributed by atoms with E-state index in [0.29, 0.717) is 6.04 Å². The van der Waals surface area contributed by atoms with Gasteiger partial charge in [-0.15, -0.1) is 0 Å². The van der Waals surface area contributed by atoms with Gasteiger partial charge in [-0.3, -0.25) is 0 Å². The summed E-state index contributed by atoms with van der Waals surface area (Å²) in [6.45, 7) is 10.6. The first-order valence-corrected chi connectivity index (χ1v) is 8.04. The summed E-state index contributed by atoms with van der Waals surface area (Å²) in [5.41, 5.74) is 2.36. The second-order valence-electron chi connectivity index (χ2n) is 6.04. The molecule has 1 N–H and O–H groups in total. The number of rotatable bonds is 5. The first kappa shape index (κ1) is 16.2. The number of likely N-dealkylation sites (N-methyl/N-ethyl adjacent to an activating group) is 2. The summed E-state index contributed by atoms with van der Waals surface area (Å²) < 4.78 is 0. The second kappa shape index (κ2) is 7.18. The van der Waals surface area contributed by atoms with Gasteiger partial charge in [0.05, 0.1) is 0 Å². The Bertz CT molecular complexity index is 474. The highest BCUT2D eigenvalue weighted by atomic mass is 15.3. The first-order chi connectivity index (χ1) is 10.0. The van der Waals surface area contributed by atoms with Gasteiger partial charge in [-0.25, -0.2) is 9.97 Å². The Kier molecular flexibility index (Phi) is 5.53. The van der Waals surface area contributed by atoms with Crippen molar-refractivity contribution in [2.24, 2.45) is 0 Å². The number of aromatic nitrogens is 2. The van der Waals surface area contributed by atoms with Crippen LogP contribution >= 0.6 is 0 Å². The number of hydrogen-bond acceptors (Lipinski definition) is 5. The summed E-state index contributed by atoms with van der Waals surface area (Å²) in [5.74, 6) is 1.99. The molecule has 1 aliphatic heterocycles. The van der Waals surface area contributed by atoms with Crippen LogP contribution in [-0.2, 0) is 12.8 Å². The van der Waals surface area contributed by atoms with Crippen LogP contribution in [-0.4, -0.2) is 66.1 Å². The summed E-state index contributed by atoms with van der Waals surface area (Å²) >= 11 is 0. The number of nitrogens with zero attached hydrogens (tertiary/aromatic N) is 4. The third-order valence-corrected chi connectivity index (χ3v) is 4.36. The van der Waals surface area contributed by atoms with Gasteiger partial charge in [-0.1, -0.05) is 6.92 Å². The number of hydrogen-bond donors (Lipinski definition) is 1. The van der Waals surface area contributed by atoms with Crippen LogP contribution in [0.3, 0.4) is 0 Å². The SMILES string of the molecule is CCNc1nc(CC2CN(C)CCN2C)nc(C)c1CC. The summed E-state index contributed by atoms with van der Waals surface area (Å²) in [4.78, 5) is 14.3. The molecule has 21 heavy (non-hydrogen) atoms. The number of nitrogens with one attached hydrogen (secondary N) is 1. The third-order valence-electron chi connectivity index (χ3n) is 4.36. The third kappa shape index (κ3) is 3.92. The van der Waals surface area contributed by atoms with Crippen LogP contribution in [0.5, 0.6) is 0 Å². The highest BCUT2D eigenvalue weighted by Gasteiger charge is 2.24. The van der Waals surface area contributed by atoms with Gasteiger partial charge in [0.25, 0.3) is 0 Å². The average Bonchev–Trinajstić information content (AvgIpc) is 2.43. The zero-order chi connectivity index (χ0) is 15.4. The molecule has 0 bridgehead atoms. The van der Waals surface area contributed by atoms with Crippen molar-refractivity contribution < 1.29 is 0 Å². The van der Waals surface area contributed by atoms with Gasteiger partial charge in [0.2, 0.25) is 0 Å². The highest BCUT2D eigenvalue weighted by molar-refractivity contribution is 5.46. The van der Waals surface area contributed by atoms with Gasteiger partial charge < -0.3 is 15.1 Å². The molecule has 1 fully saturated rings. The summed E-state index contributed by atoms with van der Waals surface area (Å²) in [6.07, 6.45) is 1.89. The molecule has 0 amide bonds. The molecule has 0 saturated carbocycles. The smallest absolute Gasteiger partial charge is 0.133 e. The molecule has 1 unspecified atom stereocenters. The minimum Gasteiger partial charge on any atom is -0.370 e. The summed E-state index contributed by atoms with van der Waals surface area (Å²) in [5, 5.41) is 3.39. The van der Waals surface area contributed by atoms with Crippen molar-refractivity contribution in [3.8, 4) is 0 Å². The fourth-order valence-corrected chi connectivity index (χ4v) is 3.01. The van der Waals surface area contributed by atoms with Crippen LogP contribution in [0.15, 0.2) is 0 Å². The van der Waals surface area contributed by atoms with Crippen LogP contribution < -0.4 is 5.32 Å². The molecule has 1 aromatic heterocycles. The molecule has 0 aromatic carbocycles. The Morgan fingerprint density at radius 2 is 1.95 bits per heavy atom. The Morgan fingerprint density at radius 1 is 1.19 bits per heavy atom. The quantitative estimate of drug-likeness (QED) is 0.892. The fourth-order valence-electron chi connectivity index (χ4n) is 3.01. The largest absolute Gasteiger partial charge is 0.370 e. The van der Waals surface area contributed by atoms with Crippen molar-refractivity contribution >= 4 is 5.82 Å². The predicted molar refractivity (Wildman–Crippen MR) is 87.9 cm³/mol. The number of aryl methyl sites for hydroxylation is 1. The Morgan fingerprint density at radius 3 is 2.62 bits per heavy atom. The lowest BCUT2D eigenvalue weighted by Gasteiger charge is -2.37. The van der Waals surface area contributed by atoms with Gasteiger partial charge in [-0.2, -0.15) is 0 Å². The van der Waals surface area contributed by atoms with Crippen LogP contribution in [0.25, 0.3) is 0 Å². The molecule has 2 rings (SSSR count). The molecule has 1 aromatic rings. The van der Waals surface area contributed by atoms with Gasteiger partial charge >= 0.3 is 0 Å². The molecule has 5 heteroatoms. The van der Waals surface area contributed by atoms with E-state index in [0.717, 1.165) is 56.4 Å². The Hall–Kier alpha value is -1.20. The van der Waals surface area contributed by atoms with E-state index in [1.165, 1.54) is 5.56 Å². The minimum atomic E-state index is 0.505. The Balaban J connectivity index is 2.19. The zero-order valence-electron chi connectivity index (χ0n) is 14.1. The van der Waals surface area contributed by atoms with E-state index in [9.17, 15) is 0 Å². The van der Waals surface area contributed by atoms with Crippen molar-refractivity contribution in [3.05, 3.63) is 17.1 Å². The number of anilines is 1. The molecular weight excluding hydrogens is 262 g/mol. The van der Waals surface area contributed by atoms with E-state index in [2.05, 4.69) is 50.0 Å².